The maximum Gasteiger partial charge on any atom is 0.138 e. The van der Waals surface area contributed by atoms with E-state index in [9.17, 15) is 0 Å². The predicted octanol–water partition coefficient (Wildman–Crippen LogP) is 3.51. The zero-order valence-corrected chi connectivity index (χ0v) is 10.8. The minimum Gasteiger partial charge on any atom is -0.384 e. The molecule has 19 heavy (non-hydrogen) atoms. The van der Waals surface area contributed by atoms with Gasteiger partial charge in [-0.1, -0.05) is 12.1 Å². The van der Waals surface area contributed by atoms with Gasteiger partial charge in [0.1, 0.15) is 5.82 Å². The van der Waals surface area contributed by atoms with Gasteiger partial charge in [-0.15, -0.1) is 0 Å². The first kappa shape index (κ1) is 10.6. The molecule has 0 saturated carbocycles. The second kappa shape index (κ2) is 3.85. The van der Waals surface area contributed by atoms with Gasteiger partial charge in [0.05, 0.1) is 11.0 Å². The number of anilines is 1. The first-order chi connectivity index (χ1) is 9.31. The van der Waals surface area contributed by atoms with E-state index in [0.717, 1.165) is 35.4 Å². The second-order valence-corrected chi connectivity index (χ2v) is 5.11. The molecule has 0 amide bonds. The molecule has 0 atom stereocenters. The Bertz CT molecular complexity index is 771. The predicted molar refractivity (Wildman–Crippen MR) is 78.5 cm³/mol. The largest absolute Gasteiger partial charge is 0.384 e. The topological polar surface area (TPSA) is 40.7 Å². The Morgan fingerprint density at radius 1 is 1.16 bits per heavy atom. The van der Waals surface area contributed by atoms with Crippen LogP contribution in [-0.2, 0) is 6.42 Å². The smallest absolute Gasteiger partial charge is 0.138 e. The Kier molecular flexibility index (Phi) is 2.15. The van der Waals surface area contributed by atoms with Gasteiger partial charge in [0.15, 0.2) is 0 Å². The van der Waals surface area contributed by atoms with E-state index in [1.165, 1.54) is 16.8 Å². The summed E-state index contributed by atoms with van der Waals surface area (Å²) in [7, 11) is 0. The van der Waals surface area contributed by atoms with Crippen LogP contribution in [0.1, 0.15) is 11.1 Å². The molecule has 0 bridgehead atoms. The SMILES string of the molecule is Cc1cccc2[nH]c(-c3ccc4c(c3)CCN4)nc12. The molecule has 0 fully saturated rings. The van der Waals surface area contributed by atoms with Crippen LogP contribution in [0.25, 0.3) is 22.4 Å². The van der Waals surface area contributed by atoms with Gasteiger partial charge in [0.2, 0.25) is 0 Å². The summed E-state index contributed by atoms with van der Waals surface area (Å²) in [6, 6.07) is 12.8. The third-order valence-electron chi connectivity index (χ3n) is 3.80. The molecule has 1 aliphatic heterocycles. The fraction of sp³-hybridized carbons (Fsp3) is 0.188. The minimum absolute atomic E-state index is 0.957. The number of hydrogen-bond acceptors (Lipinski definition) is 2. The molecule has 3 aromatic rings. The number of nitrogens with zero attached hydrogens (tertiary/aromatic N) is 1. The molecule has 1 aromatic heterocycles. The lowest BCUT2D eigenvalue weighted by atomic mass is 10.1. The van der Waals surface area contributed by atoms with E-state index in [4.69, 9.17) is 4.98 Å². The monoisotopic (exact) mass is 249 g/mol. The van der Waals surface area contributed by atoms with Gasteiger partial charge in [-0.3, -0.25) is 0 Å². The fourth-order valence-corrected chi connectivity index (χ4v) is 2.76. The number of nitrogens with one attached hydrogen (secondary N) is 2. The molecule has 0 spiro atoms. The van der Waals surface area contributed by atoms with Crippen molar-refractivity contribution in [3.05, 3.63) is 47.5 Å². The highest BCUT2D eigenvalue weighted by molar-refractivity contribution is 5.82. The van der Waals surface area contributed by atoms with Crippen LogP contribution in [0.4, 0.5) is 5.69 Å². The fourth-order valence-electron chi connectivity index (χ4n) is 2.76. The summed E-state index contributed by atoms with van der Waals surface area (Å²) < 4.78 is 0. The number of H-pyrrole nitrogens is 1. The molecular formula is C16H15N3. The standard InChI is InChI=1S/C16H15N3/c1-10-3-2-4-14-15(10)19-16(18-14)12-5-6-13-11(9-12)7-8-17-13/h2-6,9,17H,7-8H2,1H3,(H,18,19). The summed E-state index contributed by atoms with van der Waals surface area (Å²) in [6.07, 6.45) is 1.10. The molecule has 1 aliphatic rings. The van der Waals surface area contributed by atoms with Crippen molar-refractivity contribution in [2.75, 3.05) is 11.9 Å². The maximum absolute atomic E-state index is 4.73. The van der Waals surface area contributed by atoms with E-state index in [0.29, 0.717) is 0 Å². The Balaban J connectivity index is 1.88. The maximum atomic E-state index is 4.73. The van der Waals surface area contributed by atoms with Crippen LogP contribution in [0.2, 0.25) is 0 Å². The minimum atomic E-state index is 0.957. The molecule has 0 saturated heterocycles. The van der Waals surface area contributed by atoms with E-state index >= 15 is 0 Å². The molecule has 94 valence electrons. The van der Waals surface area contributed by atoms with Gasteiger partial charge in [0, 0.05) is 17.8 Å². The number of para-hydroxylation sites is 1. The molecule has 3 nitrogen and oxygen atoms in total. The molecular weight excluding hydrogens is 234 g/mol. The highest BCUT2D eigenvalue weighted by atomic mass is 14.9. The van der Waals surface area contributed by atoms with Gasteiger partial charge in [-0.05, 0) is 48.7 Å². The highest BCUT2D eigenvalue weighted by Crippen LogP contribution is 2.28. The van der Waals surface area contributed by atoms with Crippen molar-refractivity contribution in [2.24, 2.45) is 0 Å². The quantitative estimate of drug-likeness (QED) is 0.693. The summed E-state index contributed by atoms with van der Waals surface area (Å²) >= 11 is 0. The first-order valence-electron chi connectivity index (χ1n) is 6.64. The summed E-state index contributed by atoms with van der Waals surface area (Å²) in [4.78, 5) is 8.14. The van der Waals surface area contributed by atoms with Gasteiger partial charge in [-0.2, -0.15) is 0 Å². The Hall–Kier alpha value is -2.29. The lowest BCUT2D eigenvalue weighted by molar-refractivity contribution is 1.11. The summed E-state index contributed by atoms with van der Waals surface area (Å²) in [5.41, 5.74) is 7.19. The van der Waals surface area contributed by atoms with Crippen molar-refractivity contribution in [2.45, 2.75) is 13.3 Å². The van der Waals surface area contributed by atoms with Gasteiger partial charge < -0.3 is 10.3 Å². The van der Waals surface area contributed by atoms with Crippen LogP contribution in [0.5, 0.6) is 0 Å². The van der Waals surface area contributed by atoms with E-state index in [1.54, 1.807) is 0 Å². The molecule has 2 N–H and O–H groups in total. The average Bonchev–Trinajstić information content (AvgIpc) is 3.04. The van der Waals surface area contributed by atoms with Crippen LogP contribution >= 0.6 is 0 Å². The lowest BCUT2D eigenvalue weighted by Gasteiger charge is -2.01. The van der Waals surface area contributed by atoms with Crippen molar-refractivity contribution in [3.63, 3.8) is 0 Å². The van der Waals surface area contributed by atoms with E-state index in [-0.39, 0.29) is 0 Å². The summed E-state index contributed by atoms with van der Waals surface area (Å²) in [6.45, 7) is 3.14. The second-order valence-electron chi connectivity index (χ2n) is 5.11. The molecule has 0 aliphatic carbocycles. The Morgan fingerprint density at radius 3 is 3.00 bits per heavy atom. The van der Waals surface area contributed by atoms with Gasteiger partial charge in [0.25, 0.3) is 0 Å². The highest BCUT2D eigenvalue weighted by Gasteiger charge is 2.12. The molecule has 2 heterocycles. The Morgan fingerprint density at radius 2 is 2.11 bits per heavy atom. The van der Waals surface area contributed by atoms with E-state index in [1.807, 2.05) is 0 Å². The van der Waals surface area contributed by atoms with Crippen molar-refractivity contribution in [3.8, 4) is 11.4 Å². The Labute approximate surface area is 111 Å². The molecule has 3 heteroatoms. The number of fused-ring (bicyclic) bond motifs is 2. The van der Waals surface area contributed by atoms with E-state index in [2.05, 4.69) is 53.6 Å². The lowest BCUT2D eigenvalue weighted by Crippen LogP contribution is -1.90. The number of rotatable bonds is 1. The number of aromatic nitrogens is 2. The first-order valence-corrected chi connectivity index (χ1v) is 6.64. The van der Waals surface area contributed by atoms with Crippen molar-refractivity contribution >= 4 is 16.7 Å². The van der Waals surface area contributed by atoms with Crippen LogP contribution in [0.3, 0.4) is 0 Å². The average molecular weight is 249 g/mol. The molecule has 4 rings (SSSR count). The third-order valence-corrected chi connectivity index (χ3v) is 3.80. The van der Waals surface area contributed by atoms with Crippen LogP contribution < -0.4 is 5.32 Å². The van der Waals surface area contributed by atoms with Crippen molar-refractivity contribution in [1.29, 1.82) is 0 Å². The number of benzene rings is 2. The summed E-state index contributed by atoms with van der Waals surface area (Å²) in [5.74, 6) is 0.957. The molecule has 2 aromatic carbocycles. The number of aromatic amines is 1. The van der Waals surface area contributed by atoms with E-state index < -0.39 is 0 Å². The zero-order chi connectivity index (χ0) is 12.8. The molecule has 0 radical (unpaired) electrons. The van der Waals surface area contributed by atoms with Gasteiger partial charge >= 0.3 is 0 Å². The van der Waals surface area contributed by atoms with Crippen molar-refractivity contribution in [1.82, 2.24) is 9.97 Å². The summed E-state index contributed by atoms with van der Waals surface area (Å²) in [5, 5.41) is 3.38. The number of hydrogen-bond donors (Lipinski definition) is 2. The normalized spacial score (nSPS) is 13.5. The van der Waals surface area contributed by atoms with Gasteiger partial charge in [-0.25, -0.2) is 4.98 Å². The van der Waals surface area contributed by atoms with Crippen molar-refractivity contribution < 1.29 is 0 Å². The number of aryl methyl sites for hydroxylation is 1. The zero-order valence-electron chi connectivity index (χ0n) is 10.8. The van der Waals surface area contributed by atoms with Crippen LogP contribution in [0, 0.1) is 6.92 Å². The van der Waals surface area contributed by atoms with Crippen LogP contribution in [-0.4, -0.2) is 16.5 Å². The third kappa shape index (κ3) is 1.62. The number of imidazole rings is 1. The molecule has 0 unspecified atom stereocenters. The van der Waals surface area contributed by atoms with Crippen LogP contribution in [0.15, 0.2) is 36.4 Å².